The third-order valence-corrected chi connectivity index (χ3v) is 4.67. The molecule has 0 radical (unpaired) electrons. The fourth-order valence-corrected chi connectivity index (χ4v) is 2.73. The van der Waals surface area contributed by atoms with Gasteiger partial charge in [-0.25, -0.2) is 0 Å². The molecule has 0 spiro atoms. The summed E-state index contributed by atoms with van der Waals surface area (Å²) in [5.74, 6) is -0.828. The maximum Gasteiger partial charge on any atom is 0.311 e. The first-order valence-corrected chi connectivity index (χ1v) is 7.63. The standard InChI is InChI=1S/C15H17Cl2NO4/c1-9(22-11-5-3-4-10(16)12(11)17)13(19)18-7-6-15(2,8-18)14(20)21/h3-5,9H,6-8H2,1-2H3,(H,20,21). The number of ether oxygens (including phenoxy) is 1. The number of amides is 1. The summed E-state index contributed by atoms with van der Waals surface area (Å²) < 4.78 is 5.57. The third-order valence-electron chi connectivity index (χ3n) is 3.87. The number of likely N-dealkylation sites (tertiary alicyclic amines) is 1. The van der Waals surface area contributed by atoms with E-state index >= 15 is 0 Å². The Balaban J connectivity index is 2.04. The number of benzene rings is 1. The van der Waals surface area contributed by atoms with Crippen LogP contribution < -0.4 is 4.74 Å². The highest BCUT2D eigenvalue weighted by atomic mass is 35.5. The summed E-state index contributed by atoms with van der Waals surface area (Å²) in [5.41, 5.74) is -0.900. The van der Waals surface area contributed by atoms with Gasteiger partial charge >= 0.3 is 5.97 Å². The topological polar surface area (TPSA) is 66.8 Å². The molecule has 0 saturated carbocycles. The summed E-state index contributed by atoms with van der Waals surface area (Å²) >= 11 is 11.9. The Labute approximate surface area is 138 Å². The fraction of sp³-hybridized carbons (Fsp3) is 0.467. The molecule has 2 atom stereocenters. The van der Waals surface area contributed by atoms with Crippen molar-refractivity contribution >= 4 is 35.1 Å². The highest BCUT2D eigenvalue weighted by Crippen LogP contribution is 2.33. The second-order valence-electron chi connectivity index (χ2n) is 5.69. The minimum atomic E-state index is -0.900. The Morgan fingerprint density at radius 2 is 2.09 bits per heavy atom. The van der Waals surface area contributed by atoms with E-state index in [0.29, 0.717) is 23.7 Å². The predicted octanol–water partition coefficient (Wildman–Crippen LogP) is 3.08. The number of hydrogen-bond donors (Lipinski definition) is 1. The largest absolute Gasteiger partial charge is 0.481 e. The summed E-state index contributed by atoms with van der Waals surface area (Å²) in [6.45, 7) is 3.83. The molecule has 2 unspecified atom stereocenters. The zero-order valence-corrected chi connectivity index (χ0v) is 13.8. The zero-order valence-electron chi connectivity index (χ0n) is 12.3. The van der Waals surface area contributed by atoms with E-state index in [1.54, 1.807) is 32.0 Å². The number of carboxylic acid groups (broad SMARTS) is 1. The van der Waals surface area contributed by atoms with Gasteiger partial charge in [-0.15, -0.1) is 0 Å². The quantitative estimate of drug-likeness (QED) is 0.910. The van der Waals surface area contributed by atoms with Gasteiger partial charge < -0.3 is 14.7 Å². The number of hydrogen-bond acceptors (Lipinski definition) is 3. The Bertz CT molecular complexity index is 607. The molecule has 2 rings (SSSR count). The van der Waals surface area contributed by atoms with Crippen molar-refractivity contribution in [2.24, 2.45) is 5.41 Å². The van der Waals surface area contributed by atoms with E-state index in [9.17, 15) is 14.7 Å². The lowest BCUT2D eigenvalue weighted by Crippen LogP contribution is -2.41. The SMILES string of the molecule is CC(Oc1cccc(Cl)c1Cl)C(=O)N1CCC(C)(C(=O)O)C1. The summed E-state index contributed by atoms with van der Waals surface area (Å²) in [4.78, 5) is 25.1. The lowest BCUT2D eigenvalue weighted by molar-refractivity contribution is -0.147. The molecule has 1 amide bonds. The normalized spacial score (nSPS) is 22.5. The lowest BCUT2D eigenvalue weighted by atomic mass is 9.90. The number of nitrogens with zero attached hydrogens (tertiary/aromatic N) is 1. The van der Waals surface area contributed by atoms with Gasteiger partial charge in [0.2, 0.25) is 0 Å². The van der Waals surface area contributed by atoms with E-state index in [1.165, 1.54) is 4.90 Å². The molecule has 0 aromatic heterocycles. The van der Waals surface area contributed by atoms with E-state index in [1.807, 2.05) is 0 Å². The van der Waals surface area contributed by atoms with Gasteiger partial charge in [0.25, 0.3) is 5.91 Å². The van der Waals surface area contributed by atoms with Crippen LogP contribution in [0.15, 0.2) is 18.2 Å². The summed E-state index contributed by atoms with van der Waals surface area (Å²) in [5, 5.41) is 9.81. The number of halogens is 2. The molecule has 1 aromatic carbocycles. The van der Waals surface area contributed by atoms with E-state index in [-0.39, 0.29) is 17.5 Å². The number of rotatable bonds is 4. The van der Waals surface area contributed by atoms with Crippen LogP contribution in [0.3, 0.4) is 0 Å². The molecule has 7 heteroatoms. The van der Waals surface area contributed by atoms with Crippen LogP contribution in [-0.4, -0.2) is 41.1 Å². The molecule has 0 aliphatic carbocycles. The average molecular weight is 346 g/mol. The Morgan fingerprint density at radius 1 is 1.41 bits per heavy atom. The molecule has 1 N–H and O–H groups in total. The van der Waals surface area contributed by atoms with Crippen molar-refractivity contribution in [1.82, 2.24) is 4.90 Å². The summed E-state index contributed by atoms with van der Waals surface area (Å²) in [7, 11) is 0. The van der Waals surface area contributed by atoms with Crippen molar-refractivity contribution in [3.05, 3.63) is 28.2 Å². The Morgan fingerprint density at radius 3 is 2.68 bits per heavy atom. The second kappa shape index (κ2) is 6.34. The average Bonchev–Trinajstić information content (AvgIpc) is 2.87. The maximum absolute atomic E-state index is 12.4. The van der Waals surface area contributed by atoms with Gasteiger partial charge in [0.15, 0.2) is 6.10 Å². The first-order valence-electron chi connectivity index (χ1n) is 6.87. The highest BCUT2D eigenvalue weighted by Gasteiger charge is 2.43. The highest BCUT2D eigenvalue weighted by molar-refractivity contribution is 6.42. The number of aliphatic carboxylic acids is 1. The summed E-state index contributed by atoms with van der Waals surface area (Å²) in [6, 6.07) is 4.93. The minimum Gasteiger partial charge on any atom is -0.481 e. The van der Waals surface area contributed by atoms with Crippen LogP contribution in [0.2, 0.25) is 10.0 Å². The van der Waals surface area contributed by atoms with Gasteiger partial charge in [-0.05, 0) is 32.4 Å². The lowest BCUT2D eigenvalue weighted by Gasteiger charge is -2.24. The molecule has 5 nitrogen and oxygen atoms in total. The van der Waals surface area contributed by atoms with Crippen molar-refractivity contribution in [3.8, 4) is 5.75 Å². The molecule has 0 bridgehead atoms. The predicted molar refractivity (Wildman–Crippen MR) is 83.5 cm³/mol. The molecule has 1 saturated heterocycles. The first kappa shape index (κ1) is 16.9. The molecule has 1 heterocycles. The summed E-state index contributed by atoms with van der Waals surface area (Å²) in [6.07, 6.45) is -0.342. The van der Waals surface area contributed by atoms with Crippen molar-refractivity contribution in [2.75, 3.05) is 13.1 Å². The monoisotopic (exact) mass is 345 g/mol. The van der Waals surface area contributed by atoms with Gasteiger partial charge in [0.05, 0.1) is 10.4 Å². The number of carbonyl (C=O) groups is 2. The van der Waals surface area contributed by atoms with Crippen molar-refractivity contribution in [1.29, 1.82) is 0 Å². The molecular weight excluding hydrogens is 329 g/mol. The van der Waals surface area contributed by atoms with Gasteiger partial charge in [-0.2, -0.15) is 0 Å². The third kappa shape index (κ3) is 3.31. The van der Waals surface area contributed by atoms with Gasteiger partial charge in [0.1, 0.15) is 10.8 Å². The molecule has 1 aliphatic heterocycles. The fourth-order valence-electron chi connectivity index (χ4n) is 2.40. The van der Waals surface area contributed by atoms with Crippen molar-refractivity contribution < 1.29 is 19.4 Å². The van der Waals surface area contributed by atoms with Crippen molar-refractivity contribution in [3.63, 3.8) is 0 Å². The molecule has 1 fully saturated rings. The molecular formula is C15H17Cl2NO4. The Kier molecular flexibility index (Phi) is 4.87. The molecule has 120 valence electrons. The van der Waals surface area contributed by atoms with Gasteiger partial charge in [-0.1, -0.05) is 29.3 Å². The van der Waals surface area contributed by atoms with E-state index in [0.717, 1.165) is 0 Å². The first-order chi connectivity index (χ1) is 10.2. The minimum absolute atomic E-state index is 0.179. The van der Waals surface area contributed by atoms with E-state index < -0.39 is 17.5 Å². The van der Waals surface area contributed by atoms with E-state index in [4.69, 9.17) is 27.9 Å². The number of carbonyl (C=O) groups excluding carboxylic acids is 1. The second-order valence-corrected chi connectivity index (χ2v) is 6.47. The van der Waals surface area contributed by atoms with Crippen LogP contribution in [0.1, 0.15) is 20.3 Å². The number of carboxylic acids is 1. The van der Waals surface area contributed by atoms with Crippen LogP contribution >= 0.6 is 23.2 Å². The van der Waals surface area contributed by atoms with Crippen LogP contribution in [0.5, 0.6) is 5.75 Å². The van der Waals surface area contributed by atoms with E-state index in [2.05, 4.69) is 0 Å². The van der Waals surface area contributed by atoms with Crippen LogP contribution in [-0.2, 0) is 9.59 Å². The zero-order chi connectivity index (χ0) is 16.5. The Hall–Kier alpha value is -1.46. The van der Waals surface area contributed by atoms with Gasteiger partial charge in [0, 0.05) is 13.1 Å². The van der Waals surface area contributed by atoms with Crippen LogP contribution in [0, 0.1) is 5.41 Å². The van der Waals surface area contributed by atoms with Gasteiger partial charge in [-0.3, -0.25) is 9.59 Å². The maximum atomic E-state index is 12.4. The smallest absolute Gasteiger partial charge is 0.311 e. The van der Waals surface area contributed by atoms with Crippen LogP contribution in [0.4, 0.5) is 0 Å². The molecule has 1 aliphatic rings. The van der Waals surface area contributed by atoms with Crippen molar-refractivity contribution in [2.45, 2.75) is 26.4 Å². The van der Waals surface area contributed by atoms with Crippen LogP contribution in [0.25, 0.3) is 0 Å². The molecule has 22 heavy (non-hydrogen) atoms. The molecule has 1 aromatic rings.